The number of hydrogen-bond donors (Lipinski definition) is 1. The van der Waals surface area contributed by atoms with Gasteiger partial charge in [0.2, 0.25) is 0 Å². The smallest absolute Gasteiger partial charge is 0.410 e. The average molecular weight is 517 g/mol. The highest BCUT2D eigenvalue weighted by Crippen LogP contribution is 2.44. The van der Waals surface area contributed by atoms with E-state index in [1.807, 2.05) is 51.1 Å². The average Bonchev–Trinajstić information content (AvgIpc) is 3.40. The maximum Gasteiger partial charge on any atom is 0.410 e. The normalized spacial score (nSPS) is 18.6. The number of benzene rings is 3. The van der Waals surface area contributed by atoms with Crippen LogP contribution in [0.3, 0.4) is 0 Å². The molecule has 0 unspecified atom stereocenters. The van der Waals surface area contributed by atoms with Crippen molar-refractivity contribution in [3.05, 3.63) is 95.3 Å². The lowest BCUT2D eigenvalue weighted by molar-refractivity contribution is 0.0223. The molecular formula is C31H33FN2O4. The number of likely N-dealkylation sites (tertiary alicyclic amines) is 1. The minimum atomic E-state index is -0.654. The van der Waals surface area contributed by atoms with Crippen molar-refractivity contribution in [2.24, 2.45) is 0 Å². The second kappa shape index (κ2) is 10.5. The SMILES string of the molecule is CC(C)(C)OC(=O)N1C[C@H](NC(=O)OCC2c3ccccc3-c3ccccc32)C[C@H]1Cc1cccc(F)c1. The van der Waals surface area contributed by atoms with Crippen molar-refractivity contribution in [3.8, 4) is 11.1 Å². The fourth-order valence-electron chi connectivity index (χ4n) is 5.50. The van der Waals surface area contributed by atoms with Crippen molar-refractivity contribution in [1.29, 1.82) is 0 Å². The molecule has 0 saturated carbocycles. The second-order valence-electron chi connectivity index (χ2n) is 11.0. The third kappa shape index (κ3) is 5.67. The van der Waals surface area contributed by atoms with Crippen molar-refractivity contribution in [3.63, 3.8) is 0 Å². The van der Waals surface area contributed by atoms with Gasteiger partial charge in [-0.15, -0.1) is 0 Å². The number of rotatable bonds is 5. The summed E-state index contributed by atoms with van der Waals surface area (Å²) in [5.41, 5.74) is 4.76. The van der Waals surface area contributed by atoms with E-state index >= 15 is 0 Å². The summed E-state index contributed by atoms with van der Waals surface area (Å²) in [5.74, 6) is -0.353. The molecule has 0 bridgehead atoms. The largest absolute Gasteiger partial charge is 0.449 e. The fourth-order valence-corrected chi connectivity index (χ4v) is 5.50. The Kier molecular flexibility index (Phi) is 7.11. The Bertz CT molecular complexity index is 1290. The predicted molar refractivity (Wildman–Crippen MR) is 143 cm³/mol. The molecule has 198 valence electrons. The van der Waals surface area contributed by atoms with Crippen LogP contribution >= 0.6 is 0 Å². The Labute approximate surface area is 222 Å². The number of fused-ring (bicyclic) bond motifs is 3. The van der Waals surface area contributed by atoms with Gasteiger partial charge >= 0.3 is 12.2 Å². The molecule has 0 spiro atoms. The minimum absolute atomic E-state index is 0.0317. The summed E-state index contributed by atoms with van der Waals surface area (Å²) >= 11 is 0. The van der Waals surface area contributed by atoms with Crippen molar-refractivity contribution in [2.45, 2.75) is 57.2 Å². The highest BCUT2D eigenvalue weighted by atomic mass is 19.1. The molecule has 3 aromatic carbocycles. The number of carbonyl (C=O) groups is 2. The Morgan fingerprint density at radius 2 is 1.63 bits per heavy atom. The molecule has 1 fully saturated rings. The third-order valence-corrected chi connectivity index (χ3v) is 7.07. The highest BCUT2D eigenvalue weighted by Gasteiger charge is 2.38. The minimum Gasteiger partial charge on any atom is -0.449 e. The molecule has 1 N–H and O–H groups in total. The van der Waals surface area contributed by atoms with Crippen molar-refractivity contribution in [1.82, 2.24) is 10.2 Å². The summed E-state index contributed by atoms with van der Waals surface area (Å²) in [7, 11) is 0. The maximum atomic E-state index is 13.8. The molecule has 6 nitrogen and oxygen atoms in total. The number of ether oxygens (including phenoxy) is 2. The second-order valence-corrected chi connectivity index (χ2v) is 11.0. The van der Waals surface area contributed by atoms with Gasteiger partial charge in [-0.05, 0) is 73.6 Å². The topological polar surface area (TPSA) is 67.9 Å². The molecule has 1 saturated heterocycles. The lowest BCUT2D eigenvalue weighted by Gasteiger charge is -2.28. The lowest BCUT2D eigenvalue weighted by atomic mass is 9.98. The Balaban J connectivity index is 1.24. The van der Waals surface area contributed by atoms with E-state index in [-0.39, 0.29) is 30.4 Å². The van der Waals surface area contributed by atoms with E-state index in [4.69, 9.17) is 9.47 Å². The zero-order valence-corrected chi connectivity index (χ0v) is 21.9. The molecule has 5 rings (SSSR count). The van der Waals surface area contributed by atoms with E-state index < -0.39 is 17.8 Å². The van der Waals surface area contributed by atoms with Gasteiger partial charge in [-0.1, -0.05) is 60.7 Å². The molecule has 3 aromatic rings. The van der Waals surface area contributed by atoms with E-state index in [0.29, 0.717) is 19.4 Å². The summed E-state index contributed by atoms with van der Waals surface area (Å²) in [6.07, 6.45) is 0.00274. The van der Waals surface area contributed by atoms with Crippen LogP contribution in [0.1, 0.15) is 49.8 Å². The summed E-state index contributed by atoms with van der Waals surface area (Å²) < 4.78 is 25.1. The van der Waals surface area contributed by atoms with Gasteiger partial charge in [0.1, 0.15) is 18.0 Å². The summed E-state index contributed by atoms with van der Waals surface area (Å²) in [4.78, 5) is 27.5. The standard InChI is InChI=1S/C31H33FN2O4/c1-31(2,3)38-30(36)34-18-22(17-23(34)16-20-9-8-10-21(32)15-20)33-29(35)37-19-28-26-13-6-4-11-24(26)25-12-5-7-14-27(25)28/h4-15,22-23,28H,16-19H2,1-3H3,(H,33,35)/t22-,23-/m1/s1. The molecule has 0 radical (unpaired) electrons. The van der Waals surface area contributed by atoms with Crippen molar-refractivity contribution >= 4 is 12.2 Å². The quantitative estimate of drug-likeness (QED) is 0.433. The molecular weight excluding hydrogens is 483 g/mol. The van der Waals surface area contributed by atoms with Crippen LogP contribution in [0.5, 0.6) is 0 Å². The number of alkyl carbamates (subject to hydrolysis) is 1. The van der Waals surface area contributed by atoms with E-state index in [1.54, 1.807) is 11.0 Å². The fraction of sp³-hybridized carbons (Fsp3) is 0.355. The zero-order chi connectivity index (χ0) is 26.9. The van der Waals surface area contributed by atoms with E-state index in [1.165, 1.54) is 23.3 Å². The zero-order valence-electron chi connectivity index (χ0n) is 21.9. The molecule has 0 aromatic heterocycles. The van der Waals surface area contributed by atoms with Gasteiger partial charge in [-0.3, -0.25) is 0 Å². The van der Waals surface area contributed by atoms with E-state index in [0.717, 1.165) is 16.7 Å². The third-order valence-electron chi connectivity index (χ3n) is 7.07. The first-order valence-corrected chi connectivity index (χ1v) is 13.0. The lowest BCUT2D eigenvalue weighted by Crippen LogP contribution is -2.42. The first-order chi connectivity index (χ1) is 18.2. The molecule has 38 heavy (non-hydrogen) atoms. The Morgan fingerprint density at radius 1 is 0.974 bits per heavy atom. The van der Waals surface area contributed by atoms with Crippen LogP contribution in [0.25, 0.3) is 11.1 Å². The van der Waals surface area contributed by atoms with Crippen LogP contribution in [0, 0.1) is 5.82 Å². The first kappa shape index (κ1) is 25.8. The number of nitrogens with one attached hydrogen (secondary N) is 1. The predicted octanol–water partition coefficient (Wildman–Crippen LogP) is 6.28. The number of halogens is 1. The van der Waals surface area contributed by atoms with E-state index in [9.17, 15) is 14.0 Å². The molecule has 2 amide bonds. The number of hydrogen-bond acceptors (Lipinski definition) is 4. The number of carbonyl (C=O) groups excluding carboxylic acids is 2. The van der Waals surface area contributed by atoms with Crippen molar-refractivity contribution in [2.75, 3.05) is 13.2 Å². The number of nitrogens with zero attached hydrogens (tertiary/aromatic N) is 1. The van der Waals surface area contributed by atoms with Gasteiger partial charge < -0.3 is 19.7 Å². The van der Waals surface area contributed by atoms with Gasteiger partial charge in [0, 0.05) is 18.5 Å². The highest BCUT2D eigenvalue weighted by molar-refractivity contribution is 5.79. The van der Waals surface area contributed by atoms with Gasteiger partial charge in [0.25, 0.3) is 0 Å². The maximum absolute atomic E-state index is 13.8. The first-order valence-electron chi connectivity index (χ1n) is 13.0. The van der Waals surface area contributed by atoms with Crippen LogP contribution in [0.15, 0.2) is 72.8 Å². The molecule has 7 heteroatoms. The molecule has 2 aliphatic rings. The van der Waals surface area contributed by atoms with Crippen LogP contribution in [-0.2, 0) is 15.9 Å². The van der Waals surface area contributed by atoms with Gasteiger partial charge in [0.05, 0.1) is 6.04 Å². The Morgan fingerprint density at radius 3 is 2.26 bits per heavy atom. The van der Waals surface area contributed by atoms with Crippen LogP contribution in [-0.4, -0.2) is 47.9 Å². The van der Waals surface area contributed by atoms with Crippen molar-refractivity contribution < 1.29 is 23.5 Å². The van der Waals surface area contributed by atoms with Gasteiger partial charge in [0.15, 0.2) is 0 Å². The van der Waals surface area contributed by atoms with Crippen LogP contribution in [0.4, 0.5) is 14.0 Å². The molecule has 2 atom stereocenters. The summed E-state index contributed by atoms with van der Waals surface area (Å²) in [6, 6.07) is 22.2. The number of amides is 2. The molecule has 1 heterocycles. The molecule has 1 aliphatic carbocycles. The van der Waals surface area contributed by atoms with Crippen LogP contribution < -0.4 is 5.32 Å². The summed E-state index contributed by atoms with van der Waals surface area (Å²) in [6.45, 7) is 5.95. The monoisotopic (exact) mass is 516 g/mol. The Hall–Kier alpha value is -3.87. The van der Waals surface area contributed by atoms with Crippen LogP contribution in [0.2, 0.25) is 0 Å². The van der Waals surface area contributed by atoms with Gasteiger partial charge in [-0.25, -0.2) is 14.0 Å². The van der Waals surface area contributed by atoms with Gasteiger partial charge in [-0.2, -0.15) is 0 Å². The summed E-state index contributed by atoms with van der Waals surface area (Å²) in [5, 5.41) is 2.94. The van der Waals surface area contributed by atoms with E-state index in [2.05, 4.69) is 29.6 Å². The molecule has 1 aliphatic heterocycles.